The van der Waals surface area contributed by atoms with Gasteiger partial charge >= 0.3 is 5.79 Å². The number of ketones is 3. The minimum absolute atomic E-state index is 0.0572. The number of hydrogen-bond acceptors (Lipinski definition) is 10. The first-order valence-electron chi connectivity index (χ1n) is 16.2. The predicted molar refractivity (Wildman–Crippen MR) is 177 cm³/mol. The summed E-state index contributed by atoms with van der Waals surface area (Å²) < 4.78 is 17.6. The molecule has 0 aromatic heterocycles. The molecule has 0 saturated carbocycles. The maximum Gasteiger partial charge on any atom is 0.312 e. The quantitative estimate of drug-likeness (QED) is 0.329. The van der Waals surface area contributed by atoms with Crippen LogP contribution in [0, 0.1) is 36.5 Å². The number of carbonyl (C=O) groups excluding carboxylic acids is 4. The van der Waals surface area contributed by atoms with Crippen LogP contribution in [0.1, 0.15) is 92.0 Å². The Bertz CT molecular complexity index is 1650. The van der Waals surface area contributed by atoms with Gasteiger partial charge in [0.2, 0.25) is 5.78 Å². The molecule has 0 saturated heterocycles. The van der Waals surface area contributed by atoms with Crippen LogP contribution in [-0.2, 0) is 14.3 Å². The monoisotopic (exact) mass is 665 g/mol. The average Bonchev–Trinajstić information content (AvgIpc) is 3.32. The molecular formula is C37H47NO10. The predicted octanol–water partition coefficient (Wildman–Crippen LogP) is 4.72. The van der Waals surface area contributed by atoms with Gasteiger partial charge in [-0.15, -0.1) is 0 Å². The fourth-order valence-corrected chi connectivity index (χ4v) is 6.66. The molecule has 5 rings (SSSR count). The molecule has 9 atom stereocenters. The molecule has 0 radical (unpaired) electrons. The van der Waals surface area contributed by atoms with Gasteiger partial charge < -0.3 is 34.8 Å². The maximum atomic E-state index is 13.9. The lowest BCUT2D eigenvalue weighted by Crippen LogP contribution is -2.41. The Morgan fingerprint density at radius 2 is 1.48 bits per heavy atom. The van der Waals surface area contributed by atoms with Gasteiger partial charge in [0.1, 0.15) is 11.5 Å². The Labute approximate surface area is 281 Å². The van der Waals surface area contributed by atoms with Crippen molar-refractivity contribution < 1.29 is 48.7 Å². The van der Waals surface area contributed by atoms with Crippen LogP contribution in [0.4, 0.5) is 0 Å². The van der Waals surface area contributed by atoms with Gasteiger partial charge in [0, 0.05) is 42.6 Å². The molecule has 48 heavy (non-hydrogen) atoms. The molecule has 1 aliphatic carbocycles. The summed E-state index contributed by atoms with van der Waals surface area (Å²) in [5, 5.41) is 36.1. The summed E-state index contributed by atoms with van der Waals surface area (Å²) in [6.45, 7) is 15.2. The van der Waals surface area contributed by atoms with Crippen molar-refractivity contribution in [2.45, 2.75) is 86.4 Å². The SMILES string of the molecule is CO[C@H]1/C=C/O[C@@]2(C)Oc3c(C)c(O)c4c(c3C2=O)C(=O)C(C)=C(NC(=O)/C(C)=C\C=C\[C@H](C)[C@H](O)[C@@H](C)[C@@H](O)[C@@H](C)[C@H](C)[C@@H]1C)C4=O. The fraction of sp³-hybridized carbons (Fsp3) is 0.514. The number of benzene rings is 1. The zero-order valence-electron chi connectivity index (χ0n) is 29.2. The zero-order chi connectivity index (χ0) is 36.0. The summed E-state index contributed by atoms with van der Waals surface area (Å²) >= 11 is 0. The van der Waals surface area contributed by atoms with E-state index >= 15 is 0 Å². The average molecular weight is 666 g/mol. The number of nitrogens with one attached hydrogen (secondary N) is 1. The van der Waals surface area contributed by atoms with Gasteiger partial charge in [-0.1, -0.05) is 52.8 Å². The van der Waals surface area contributed by atoms with Crippen molar-refractivity contribution >= 4 is 23.3 Å². The molecule has 3 aliphatic heterocycles. The van der Waals surface area contributed by atoms with Gasteiger partial charge in [0.05, 0.1) is 47.0 Å². The minimum Gasteiger partial charge on any atom is -0.507 e. The number of aromatic hydroxyl groups is 1. The van der Waals surface area contributed by atoms with E-state index < -0.39 is 64.6 Å². The van der Waals surface area contributed by atoms with E-state index in [1.165, 1.54) is 47.1 Å². The number of fused-ring (bicyclic) bond motifs is 14. The number of allylic oxidation sites excluding steroid dienone is 4. The molecule has 4 N–H and O–H groups in total. The van der Waals surface area contributed by atoms with E-state index in [9.17, 15) is 34.5 Å². The Morgan fingerprint density at radius 3 is 2.10 bits per heavy atom. The summed E-state index contributed by atoms with van der Waals surface area (Å²) in [4.78, 5) is 54.7. The molecule has 1 amide bonds. The van der Waals surface area contributed by atoms with Crippen molar-refractivity contribution in [2.75, 3.05) is 7.11 Å². The van der Waals surface area contributed by atoms with Crippen LogP contribution >= 0.6 is 0 Å². The van der Waals surface area contributed by atoms with Gasteiger partial charge in [-0.3, -0.25) is 19.2 Å². The number of amides is 1. The third-order valence-electron chi connectivity index (χ3n) is 10.5. The molecule has 0 spiro atoms. The second kappa shape index (κ2) is 13.8. The molecule has 5 bridgehead atoms. The molecule has 11 nitrogen and oxygen atoms in total. The Balaban J connectivity index is 1.84. The number of ether oxygens (including phenoxy) is 3. The lowest BCUT2D eigenvalue weighted by atomic mass is 9.74. The van der Waals surface area contributed by atoms with Crippen LogP contribution in [-0.4, -0.2) is 69.8 Å². The maximum absolute atomic E-state index is 13.9. The largest absolute Gasteiger partial charge is 0.507 e. The number of rotatable bonds is 1. The van der Waals surface area contributed by atoms with E-state index in [0.717, 1.165) is 0 Å². The number of phenolic OH excluding ortho intramolecular Hbond substituents is 1. The minimum atomic E-state index is -1.94. The standard InChI is InChI=1S/C37H47NO10/c1-16-12-11-13-17(2)36(45)38-28-21(6)31(41)25-26(33(28)43)32(42)23(8)34-27(25)35(44)37(9,48-34)47-15-14-24(46-10)19(4)18(3)20(5)30(40)22(7)29(16)39/h11-16,18-20,22,24,29-30,39-40,42H,1-10H3,(H,38,45)/b12-11+,15-14+,17-13-/t16-,18+,19-,20-,22+,24-,29-,30-,37-/m0/s1. The van der Waals surface area contributed by atoms with E-state index in [4.69, 9.17) is 14.2 Å². The highest BCUT2D eigenvalue weighted by molar-refractivity contribution is 6.32. The topological polar surface area (TPSA) is 169 Å². The number of phenols is 1. The highest BCUT2D eigenvalue weighted by Gasteiger charge is 2.52. The molecule has 0 unspecified atom stereocenters. The second-order valence-corrected chi connectivity index (χ2v) is 13.6. The fourth-order valence-electron chi connectivity index (χ4n) is 6.66. The summed E-state index contributed by atoms with van der Waals surface area (Å²) in [5.41, 5.74) is -1.08. The first-order valence-corrected chi connectivity index (χ1v) is 16.2. The van der Waals surface area contributed by atoms with Crippen molar-refractivity contribution in [3.05, 3.63) is 69.7 Å². The highest BCUT2D eigenvalue weighted by Crippen LogP contribution is 2.48. The number of aliphatic hydroxyl groups excluding tert-OH is 2. The van der Waals surface area contributed by atoms with Crippen LogP contribution in [0.3, 0.4) is 0 Å². The molecular weight excluding hydrogens is 618 g/mol. The van der Waals surface area contributed by atoms with Crippen LogP contribution in [0.25, 0.3) is 0 Å². The first-order chi connectivity index (χ1) is 22.4. The third kappa shape index (κ3) is 6.26. The number of Topliss-reactive ketones (excluding diaryl/α,β-unsaturated/α-hetero) is 3. The summed E-state index contributed by atoms with van der Waals surface area (Å²) in [7, 11) is 1.53. The molecule has 11 heteroatoms. The summed E-state index contributed by atoms with van der Waals surface area (Å²) in [6, 6.07) is 0. The highest BCUT2D eigenvalue weighted by atomic mass is 16.7. The van der Waals surface area contributed by atoms with Gasteiger partial charge in [-0.2, -0.15) is 0 Å². The third-order valence-corrected chi connectivity index (χ3v) is 10.5. The lowest BCUT2D eigenvalue weighted by molar-refractivity contribution is -0.116. The number of aliphatic hydroxyl groups is 2. The van der Waals surface area contributed by atoms with Crippen LogP contribution in [0.5, 0.6) is 11.5 Å². The van der Waals surface area contributed by atoms with Gasteiger partial charge in [0.25, 0.3) is 11.7 Å². The number of hydrogen-bond donors (Lipinski definition) is 4. The molecule has 260 valence electrons. The van der Waals surface area contributed by atoms with Crippen molar-refractivity contribution in [3.8, 4) is 11.5 Å². The van der Waals surface area contributed by atoms with Crippen LogP contribution in [0.15, 0.2) is 47.4 Å². The zero-order valence-corrected chi connectivity index (χ0v) is 29.2. The van der Waals surface area contributed by atoms with Gasteiger partial charge in [-0.25, -0.2) is 0 Å². The molecule has 3 heterocycles. The van der Waals surface area contributed by atoms with Crippen molar-refractivity contribution in [3.63, 3.8) is 0 Å². The molecule has 1 aromatic rings. The van der Waals surface area contributed by atoms with Gasteiger partial charge in [0.15, 0.2) is 5.78 Å². The van der Waals surface area contributed by atoms with E-state index in [0.29, 0.717) is 0 Å². The smallest absolute Gasteiger partial charge is 0.312 e. The van der Waals surface area contributed by atoms with E-state index in [2.05, 4.69) is 5.32 Å². The van der Waals surface area contributed by atoms with E-state index in [1.807, 2.05) is 20.8 Å². The molecule has 4 aliphatic rings. The van der Waals surface area contributed by atoms with E-state index in [1.54, 1.807) is 32.1 Å². The van der Waals surface area contributed by atoms with Crippen molar-refractivity contribution in [1.29, 1.82) is 0 Å². The first kappa shape index (κ1) is 36.8. The summed E-state index contributed by atoms with van der Waals surface area (Å²) in [5.74, 6) is -6.86. The molecule has 1 aromatic carbocycles. The Kier molecular flexibility index (Phi) is 10.6. The van der Waals surface area contributed by atoms with E-state index in [-0.39, 0.29) is 63.0 Å². The van der Waals surface area contributed by atoms with Crippen molar-refractivity contribution in [2.24, 2.45) is 29.6 Å². The second-order valence-electron chi connectivity index (χ2n) is 13.6. The summed E-state index contributed by atoms with van der Waals surface area (Å²) in [6.07, 6.45) is 5.50. The van der Waals surface area contributed by atoms with Crippen molar-refractivity contribution in [1.82, 2.24) is 5.32 Å². The number of methoxy groups -OCH3 is 1. The van der Waals surface area contributed by atoms with Gasteiger partial charge in [-0.05, 0) is 44.6 Å². The normalized spacial score (nSPS) is 35.8. The lowest BCUT2D eigenvalue weighted by Gasteiger charge is -2.37. The Hall–Kier alpha value is -4.06. The number of carbonyl (C=O) groups is 4. The molecule has 0 fully saturated rings. The Morgan fingerprint density at radius 1 is 0.833 bits per heavy atom. The van der Waals surface area contributed by atoms with Crippen LogP contribution in [0.2, 0.25) is 0 Å². The van der Waals surface area contributed by atoms with Crippen LogP contribution < -0.4 is 10.1 Å².